The van der Waals surface area contributed by atoms with Crippen molar-refractivity contribution in [1.29, 1.82) is 0 Å². The first-order valence-corrected chi connectivity index (χ1v) is 9.52. The Kier molecular flexibility index (Phi) is 7.01. The quantitative estimate of drug-likeness (QED) is 0.695. The molecule has 1 fully saturated rings. The molecule has 1 aliphatic rings. The molecule has 0 spiro atoms. The van der Waals surface area contributed by atoms with E-state index in [1.54, 1.807) is 28.4 Å². The second-order valence-electron chi connectivity index (χ2n) is 6.96. The predicted octanol–water partition coefficient (Wildman–Crippen LogP) is 3.04. The molecule has 0 saturated carbocycles. The molecular formula is C22H30N2O4. The molecule has 28 heavy (non-hydrogen) atoms. The standard InChI is InChI=1S/C22H30N2O4/c1-25-19-11-18(12-20(14-19)26-2)16-24-9-7-23(8-10-24)15-17-5-6-21(27-3)22(13-17)28-4/h5-6,11-14H,7-10,15-16H2,1-4H3. The molecule has 0 bridgehead atoms. The van der Waals surface area contributed by atoms with Crippen LogP contribution in [0.1, 0.15) is 11.1 Å². The molecule has 1 heterocycles. The molecule has 0 atom stereocenters. The molecule has 6 nitrogen and oxygen atoms in total. The first-order chi connectivity index (χ1) is 13.6. The summed E-state index contributed by atoms with van der Waals surface area (Å²) in [6.45, 7) is 5.96. The highest BCUT2D eigenvalue weighted by atomic mass is 16.5. The highest BCUT2D eigenvalue weighted by molar-refractivity contribution is 5.43. The van der Waals surface area contributed by atoms with E-state index in [2.05, 4.69) is 34.1 Å². The zero-order chi connectivity index (χ0) is 19.9. The van der Waals surface area contributed by atoms with E-state index in [0.717, 1.165) is 62.3 Å². The molecule has 3 rings (SSSR count). The Morgan fingerprint density at radius 1 is 0.607 bits per heavy atom. The van der Waals surface area contributed by atoms with Gasteiger partial charge in [-0.15, -0.1) is 0 Å². The normalized spacial score (nSPS) is 15.3. The van der Waals surface area contributed by atoms with E-state index in [4.69, 9.17) is 18.9 Å². The van der Waals surface area contributed by atoms with Crippen molar-refractivity contribution in [2.24, 2.45) is 0 Å². The maximum atomic E-state index is 5.42. The van der Waals surface area contributed by atoms with Crippen LogP contribution in [0.4, 0.5) is 0 Å². The zero-order valence-corrected chi connectivity index (χ0v) is 17.2. The highest BCUT2D eigenvalue weighted by Gasteiger charge is 2.18. The molecule has 0 radical (unpaired) electrons. The summed E-state index contributed by atoms with van der Waals surface area (Å²) in [4.78, 5) is 4.95. The fraction of sp³-hybridized carbons (Fsp3) is 0.455. The zero-order valence-electron chi connectivity index (χ0n) is 17.2. The Hall–Kier alpha value is -2.44. The predicted molar refractivity (Wildman–Crippen MR) is 110 cm³/mol. The summed E-state index contributed by atoms with van der Waals surface area (Å²) in [5.41, 5.74) is 2.45. The summed E-state index contributed by atoms with van der Waals surface area (Å²) in [5.74, 6) is 3.22. The average molecular weight is 386 g/mol. The maximum Gasteiger partial charge on any atom is 0.161 e. The monoisotopic (exact) mass is 386 g/mol. The fourth-order valence-corrected chi connectivity index (χ4v) is 3.56. The number of methoxy groups -OCH3 is 4. The summed E-state index contributed by atoms with van der Waals surface area (Å²) in [5, 5.41) is 0. The van der Waals surface area contributed by atoms with Gasteiger partial charge in [-0.05, 0) is 35.4 Å². The lowest BCUT2D eigenvalue weighted by molar-refractivity contribution is 0.122. The largest absolute Gasteiger partial charge is 0.497 e. The SMILES string of the molecule is COc1cc(CN2CCN(Cc3ccc(OC)c(OC)c3)CC2)cc(OC)c1. The van der Waals surface area contributed by atoms with Gasteiger partial charge in [0.15, 0.2) is 11.5 Å². The van der Waals surface area contributed by atoms with Gasteiger partial charge in [-0.2, -0.15) is 0 Å². The summed E-state index contributed by atoms with van der Waals surface area (Å²) >= 11 is 0. The smallest absolute Gasteiger partial charge is 0.161 e. The van der Waals surface area contributed by atoms with Crippen LogP contribution in [0.5, 0.6) is 23.0 Å². The summed E-state index contributed by atoms with van der Waals surface area (Å²) in [6, 6.07) is 12.2. The average Bonchev–Trinajstić information content (AvgIpc) is 2.74. The van der Waals surface area contributed by atoms with Gasteiger partial charge in [-0.1, -0.05) is 6.07 Å². The van der Waals surface area contributed by atoms with Crippen molar-refractivity contribution in [2.75, 3.05) is 54.6 Å². The van der Waals surface area contributed by atoms with Crippen molar-refractivity contribution >= 4 is 0 Å². The van der Waals surface area contributed by atoms with Crippen molar-refractivity contribution in [3.8, 4) is 23.0 Å². The molecule has 2 aromatic rings. The Morgan fingerprint density at radius 2 is 1.14 bits per heavy atom. The second kappa shape index (κ2) is 9.66. The first kappa shape index (κ1) is 20.3. The van der Waals surface area contributed by atoms with Gasteiger partial charge in [0.25, 0.3) is 0 Å². The van der Waals surface area contributed by atoms with Crippen molar-refractivity contribution in [3.63, 3.8) is 0 Å². The van der Waals surface area contributed by atoms with E-state index in [1.807, 2.05) is 12.1 Å². The van der Waals surface area contributed by atoms with Crippen LogP contribution in [0.2, 0.25) is 0 Å². The molecular weight excluding hydrogens is 356 g/mol. The van der Waals surface area contributed by atoms with Crippen molar-refractivity contribution in [1.82, 2.24) is 9.80 Å². The van der Waals surface area contributed by atoms with Crippen molar-refractivity contribution in [3.05, 3.63) is 47.5 Å². The van der Waals surface area contributed by atoms with Gasteiger partial charge < -0.3 is 18.9 Å². The van der Waals surface area contributed by atoms with Gasteiger partial charge in [0, 0.05) is 45.3 Å². The minimum Gasteiger partial charge on any atom is -0.497 e. The topological polar surface area (TPSA) is 43.4 Å². The van der Waals surface area contributed by atoms with Gasteiger partial charge in [0.1, 0.15) is 11.5 Å². The van der Waals surface area contributed by atoms with Crippen LogP contribution in [0.15, 0.2) is 36.4 Å². The molecule has 0 N–H and O–H groups in total. The lowest BCUT2D eigenvalue weighted by atomic mass is 10.1. The number of ether oxygens (including phenoxy) is 4. The minimum absolute atomic E-state index is 0.768. The molecule has 1 aliphatic heterocycles. The molecule has 2 aromatic carbocycles. The Balaban J connectivity index is 1.55. The van der Waals surface area contributed by atoms with E-state index in [-0.39, 0.29) is 0 Å². The number of rotatable bonds is 8. The van der Waals surface area contributed by atoms with Crippen molar-refractivity contribution < 1.29 is 18.9 Å². The van der Waals surface area contributed by atoms with Gasteiger partial charge in [-0.3, -0.25) is 9.80 Å². The van der Waals surface area contributed by atoms with Crippen LogP contribution in [0.25, 0.3) is 0 Å². The number of benzene rings is 2. The van der Waals surface area contributed by atoms with Gasteiger partial charge in [0.2, 0.25) is 0 Å². The second-order valence-corrected chi connectivity index (χ2v) is 6.96. The summed E-state index contributed by atoms with van der Waals surface area (Å²) in [6.07, 6.45) is 0. The Labute approximate surface area is 167 Å². The number of piperazine rings is 1. The van der Waals surface area contributed by atoms with Crippen LogP contribution in [0, 0.1) is 0 Å². The van der Waals surface area contributed by atoms with E-state index < -0.39 is 0 Å². The maximum absolute atomic E-state index is 5.42. The fourth-order valence-electron chi connectivity index (χ4n) is 3.56. The number of nitrogens with zero attached hydrogens (tertiary/aromatic N) is 2. The third kappa shape index (κ3) is 5.09. The van der Waals surface area contributed by atoms with Crippen LogP contribution in [0.3, 0.4) is 0 Å². The van der Waals surface area contributed by atoms with E-state index in [0.29, 0.717) is 0 Å². The number of hydrogen-bond donors (Lipinski definition) is 0. The van der Waals surface area contributed by atoms with Crippen LogP contribution >= 0.6 is 0 Å². The number of hydrogen-bond acceptors (Lipinski definition) is 6. The van der Waals surface area contributed by atoms with Crippen LogP contribution < -0.4 is 18.9 Å². The minimum atomic E-state index is 0.768. The van der Waals surface area contributed by atoms with E-state index in [1.165, 1.54) is 11.1 Å². The van der Waals surface area contributed by atoms with Gasteiger partial charge >= 0.3 is 0 Å². The lowest BCUT2D eigenvalue weighted by Crippen LogP contribution is -2.45. The molecule has 152 valence electrons. The third-order valence-corrected chi connectivity index (χ3v) is 5.14. The third-order valence-electron chi connectivity index (χ3n) is 5.14. The molecule has 1 saturated heterocycles. The molecule has 0 aliphatic carbocycles. The first-order valence-electron chi connectivity index (χ1n) is 9.52. The molecule has 6 heteroatoms. The Morgan fingerprint density at radius 3 is 1.64 bits per heavy atom. The van der Waals surface area contributed by atoms with Crippen LogP contribution in [-0.2, 0) is 13.1 Å². The van der Waals surface area contributed by atoms with Crippen molar-refractivity contribution in [2.45, 2.75) is 13.1 Å². The highest BCUT2D eigenvalue weighted by Crippen LogP contribution is 2.28. The summed E-state index contributed by atoms with van der Waals surface area (Å²) in [7, 11) is 6.71. The molecule has 0 aromatic heterocycles. The lowest BCUT2D eigenvalue weighted by Gasteiger charge is -2.35. The molecule has 0 unspecified atom stereocenters. The van der Waals surface area contributed by atoms with Crippen LogP contribution in [-0.4, -0.2) is 64.4 Å². The molecule has 0 amide bonds. The van der Waals surface area contributed by atoms with E-state index in [9.17, 15) is 0 Å². The van der Waals surface area contributed by atoms with Gasteiger partial charge in [0.05, 0.1) is 28.4 Å². The summed E-state index contributed by atoms with van der Waals surface area (Å²) < 4.78 is 21.5. The van der Waals surface area contributed by atoms with Gasteiger partial charge in [-0.25, -0.2) is 0 Å². The van der Waals surface area contributed by atoms with E-state index >= 15 is 0 Å². The Bertz CT molecular complexity index is 751.